The average molecular weight is 270 g/mol. The maximum atomic E-state index is 5.82. The summed E-state index contributed by atoms with van der Waals surface area (Å²) >= 11 is 5.82. The highest BCUT2D eigenvalue weighted by Gasteiger charge is 2.14. The molecule has 0 aromatic heterocycles. The molecule has 0 radical (unpaired) electrons. The first-order chi connectivity index (χ1) is 8.84. The molecule has 1 aliphatic heterocycles. The van der Waals surface area contributed by atoms with Crippen LogP contribution < -0.4 is 5.32 Å². The van der Waals surface area contributed by atoms with Crippen molar-refractivity contribution < 1.29 is 9.47 Å². The standard InChI is InChI=1S/C14H20ClNO2/c15-14-3-1-12(2-4-14)10-18-8-6-16-9-13-5-7-17-11-13/h1-4,13,16H,5-11H2. The highest BCUT2D eigenvalue weighted by Crippen LogP contribution is 2.11. The Morgan fingerprint density at radius 2 is 2.17 bits per heavy atom. The highest BCUT2D eigenvalue weighted by atomic mass is 35.5. The van der Waals surface area contributed by atoms with E-state index in [1.54, 1.807) is 0 Å². The van der Waals surface area contributed by atoms with Gasteiger partial charge in [-0.15, -0.1) is 0 Å². The minimum atomic E-state index is 0.644. The van der Waals surface area contributed by atoms with Gasteiger partial charge in [0.25, 0.3) is 0 Å². The van der Waals surface area contributed by atoms with E-state index < -0.39 is 0 Å². The number of ether oxygens (including phenoxy) is 2. The molecule has 1 N–H and O–H groups in total. The maximum Gasteiger partial charge on any atom is 0.0717 e. The third-order valence-electron chi connectivity index (χ3n) is 3.06. The normalized spacial score (nSPS) is 19.3. The summed E-state index contributed by atoms with van der Waals surface area (Å²) in [7, 11) is 0. The van der Waals surface area contributed by atoms with E-state index in [1.807, 2.05) is 24.3 Å². The molecule has 1 heterocycles. The summed E-state index contributed by atoms with van der Waals surface area (Å²) < 4.78 is 10.9. The molecule has 3 nitrogen and oxygen atoms in total. The van der Waals surface area contributed by atoms with Crippen molar-refractivity contribution in [2.45, 2.75) is 13.0 Å². The van der Waals surface area contributed by atoms with Gasteiger partial charge in [-0.2, -0.15) is 0 Å². The summed E-state index contributed by atoms with van der Waals surface area (Å²) in [4.78, 5) is 0. The summed E-state index contributed by atoms with van der Waals surface area (Å²) in [5, 5.41) is 4.16. The van der Waals surface area contributed by atoms with Crippen LogP contribution in [0, 0.1) is 5.92 Å². The van der Waals surface area contributed by atoms with E-state index in [9.17, 15) is 0 Å². The van der Waals surface area contributed by atoms with E-state index >= 15 is 0 Å². The molecule has 0 amide bonds. The molecule has 0 saturated carbocycles. The summed E-state index contributed by atoms with van der Waals surface area (Å²) in [6.07, 6.45) is 1.18. The molecule has 100 valence electrons. The van der Waals surface area contributed by atoms with Crippen molar-refractivity contribution in [3.63, 3.8) is 0 Å². The molecule has 1 fully saturated rings. The first-order valence-electron chi connectivity index (χ1n) is 6.45. The van der Waals surface area contributed by atoms with Gasteiger partial charge in [-0.1, -0.05) is 23.7 Å². The van der Waals surface area contributed by atoms with Gasteiger partial charge in [0.2, 0.25) is 0 Å². The fraction of sp³-hybridized carbons (Fsp3) is 0.571. The fourth-order valence-corrected chi connectivity index (χ4v) is 2.09. The van der Waals surface area contributed by atoms with E-state index in [0.717, 1.165) is 43.5 Å². The minimum absolute atomic E-state index is 0.644. The predicted octanol–water partition coefficient (Wildman–Crippen LogP) is 2.48. The number of halogens is 1. The molecule has 1 aliphatic rings. The molecule has 1 unspecified atom stereocenters. The summed E-state index contributed by atoms with van der Waals surface area (Å²) in [5.41, 5.74) is 1.16. The van der Waals surface area contributed by atoms with Crippen molar-refractivity contribution >= 4 is 11.6 Å². The Hall–Kier alpha value is -0.610. The van der Waals surface area contributed by atoms with E-state index in [-0.39, 0.29) is 0 Å². The van der Waals surface area contributed by atoms with Crippen molar-refractivity contribution in [2.75, 3.05) is 32.9 Å². The van der Waals surface area contributed by atoms with Crippen molar-refractivity contribution in [3.8, 4) is 0 Å². The highest BCUT2D eigenvalue weighted by molar-refractivity contribution is 6.30. The van der Waals surface area contributed by atoms with Crippen LogP contribution in [0.2, 0.25) is 5.02 Å². The maximum absolute atomic E-state index is 5.82. The lowest BCUT2D eigenvalue weighted by Gasteiger charge is -2.09. The van der Waals surface area contributed by atoms with Crippen LogP contribution in [0.3, 0.4) is 0 Å². The van der Waals surface area contributed by atoms with E-state index in [2.05, 4.69) is 5.32 Å². The third kappa shape index (κ3) is 4.94. The molecule has 0 aliphatic carbocycles. The van der Waals surface area contributed by atoms with Gasteiger partial charge in [0.15, 0.2) is 0 Å². The number of benzene rings is 1. The zero-order valence-electron chi connectivity index (χ0n) is 10.5. The number of hydrogen-bond acceptors (Lipinski definition) is 3. The number of rotatable bonds is 7. The Bertz CT molecular complexity index is 336. The average Bonchev–Trinajstić information content (AvgIpc) is 2.89. The molecule has 1 atom stereocenters. The lowest BCUT2D eigenvalue weighted by atomic mass is 10.1. The van der Waals surface area contributed by atoms with Crippen LogP contribution in [0.4, 0.5) is 0 Å². The first kappa shape index (κ1) is 13.8. The Labute approximate surface area is 113 Å². The van der Waals surface area contributed by atoms with Crippen molar-refractivity contribution in [1.29, 1.82) is 0 Å². The topological polar surface area (TPSA) is 30.5 Å². The van der Waals surface area contributed by atoms with Crippen LogP contribution in [0.5, 0.6) is 0 Å². The second-order valence-corrected chi connectivity index (χ2v) is 5.05. The van der Waals surface area contributed by atoms with Gasteiger partial charge >= 0.3 is 0 Å². The summed E-state index contributed by atoms with van der Waals surface area (Å²) in [6, 6.07) is 7.76. The molecule has 4 heteroatoms. The van der Waals surface area contributed by atoms with Crippen LogP contribution in [-0.2, 0) is 16.1 Å². The van der Waals surface area contributed by atoms with E-state index in [1.165, 1.54) is 6.42 Å². The van der Waals surface area contributed by atoms with Gasteiger partial charge in [-0.05, 0) is 30.0 Å². The zero-order valence-corrected chi connectivity index (χ0v) is 11.3. The number of nitrogens with one attached hydrogen (secondary N) is 1. The zero-order chi connectivity index (χ0) is 12.6. The van der Waals surface area contributed by atoms with Crippen molar-refractivity contribution in [2.24, 2.45) is 5.92 Å². The monoisotopic (exact) mass is 269 g/mol. The van der Waals surface area contributed by atoms with Crippen LogP contribution in [-0.4, -0.2) is 32.9 Å². The lowest BCUT2D eigenvalue weighted by Crippen LogP contribution is -2.26. The quantitative estimate of drug-likeness (QED) is 0.772. The lowest BCUT2D eigenvalue weighted by molar-refractivity contribution is 0.121. The summed E-state index contributed by atoms with van der Waals surface area (Å²) in [6.45, 7) is 5.12. The second-order valence-electron chi connectivity index (χ2n) is 4.61. The van der Waals surface area contributed by atoms with Gasteiger partial charge in [-0.25, -0.2) is 0 Å². The van der Waals surface area contributed by atoms with Gasteiger partial charge in [0.05, 0.1) is 19.8 Å². The Morgan fingerprint density at radius 1 is 1.33 bits per heavy atom. The Balaban J connectivity index is 1.49. The first-order valence-corrected chi connectivity index (χ1v) is 6.83. The van der Waals surface area contributed by atoms with Gasteiger partial charge in [-0.3, -0.25) is 0 Å². The minimum Gasteiger partial charge on any atom is -0.381 e. The molecular weight excluding hydrogens is 250 g/mol. The molecular formula is C14H20ClNO2. The van der Waals surface area contributed by atoms with Crippen LogP contribution in [0.15, 0.2) is 24.3 Å². The van der Waals surface area contributed by atoms with E-state index in [0.29, 0.717) is 12.5 Å². The van der Waals surface area contributed by atoms with Crippen LogP contribution in [0.25, 0.3) is 0 Å². The van der Waals surface area contributed by atoms with Crippen molar-refractivity contribution in [3.05, 3.63) is 34.9 Å². The van der Waals surface area contributed by atoms with Crippen molar-refractivity contribution in [1.82, 2.24) is 5.32 Å². The number of hydrogen-bond donors (Lipinski definition) is 1. The van der Waals surface area contributed by atoms with E-state index in [4.69, 9.17) is 21.1 Å². The van der Waals surface area contributed by atoms with Gasteiger partial charge < -0.3 is 14.8 Å². The molecule has 1 saturated heterocycles. The molecule has 1 aromatic rings. The predicted molar refractivity (Wildman–Crippen MR) is 72.9 cm³/mol. The molecule has 2 rings (SSSR count). The van der Waals surface area contributed by atoms with Gasteiger partial charge in [0.1, 0.15) is 0 Å². The smallest absolute Gasteiger partial charge is 0.0717 e. The fourth-order valence-electron chi connectivity index (χ4n) is 1.97. The molecule has 0 spiro atoms. The third-order valence-corrected chi connectivity index (χ3v) is 3.31. The molecule has 1 aromatic carbocycles. The van der Waals surface area contributed by atoms with Crippen LogP contribution in [0.1, 0.15) is 12.0 Å². The van der Waals surface area contributed by atoms with Crippen LogP contribution >= 0.6 is 11.6 Å². The summed E-state index contributed by atoms with van der Waals surface area (Å²) in [5.74, 6) is 0.682. The Kier molecular flexibility index (Phi) is 5.94. The Morgan fingerprint density at radius 3 is 2.89 bits per heavy atom. The van der Waals surface area contributed by atoms with Gasteiger partial charge in [0, 0.05) is 24.7 Å². The second kappa shape index (κ2) is 7.74. The molecule has 0 bridgehead atoms. The largest absolute Gasteiger partial charge is 0.381 e. The SMILES string of the molecule is Clc1ccc(COCCNCC2CCOC2)cc1. The molecule has 18 heavy (non-hydrogen) atoms.